The van der Waals surface area contributed by atoms with Gasteiger partial charge in [-0.15, -0.1) is 0 Å². The highest BCUT2D eigenvalue weighted by Crippen LogP contribution is 2.22. The summed E-state index contributed by atoms with van der Waals surface area (Å²) in [7, 11) is 1.58. The molecule has 2 aromatic carbocycles. The van der Waals surface area contributed by atoms with Crippen LogP contribution in [0.15, 0.2) is 77.0 Å². The molecule has 3 rings (SSSR count). The summed E-state index contributed by atoms with van der Waals surface area (Å²) in [6.45, 7) is 6.27. The van der Waals surface area contributed by atoms with E-state index in [4.69, 9.17) is 13.9 Å². The molecule has 3 aromatic rings. The summed E-state index contributed by atoms with van der Waals surface area (Å²) in [5.41, 5.74) is 2.26. The SMILES string of the molecule is COc1ccc(C=C(NC(=O)c2ccc(C(C)(C)C)cc2)C(=O)OCc2ccco2)cc1. The molecular formula is C26H27NO5. The third-order valence-corrected chi connectivity index (χ3v) is 4.83. The molecule has 0 spiro atoms. The van der Waals surface area contributed by atoms with E-state index in [2.05, 4.69) is 26.1 Å². The minimum Gasteiger partial charge on any atom is -0.497 e. The van der Waals surface area contributed by atoms with Gasteiger partial charge >= 0.3 is 5.97 Å². The van der Waals surface area contributed by atoms with E-state index in [0.29, 0.717) is 22.6 Å². The van der Waals surface area contributed by atoms with Gasteiger partial charge in [-0.2, -0.15) is 0 Å². The third kappa shape index (κ3) is 6.11. The third-order valence-electron chi connectivity index (χ3n) is 4.83. The van der Waals surface area contributed by atoms with Crippen LogP contribution in [0.3, 0.4) is 0 Å². The molecule has 0 saturated heterocycles. The first-order valence-corrected chi connectivity index (χ1v) is 10.2. The molecule has 0 radical (unpaired) electrons. The van der Waals surface area contributed by atoms with E-state index in [1.54, 1.807) is 61.7 Å². The molecule has 32 heavy (non-hydrogen) atoms. The van der Waals surface area contributed by atoms with E-state index in [9.17, 15) is 9.59 Å². The van der Waals surface area contributed by atoms with Crippen LogP contribution in [-0.2, 0) is 21.6 Å². The Balaban J connectivity index is 1.81. The molecule has 0 saturated carbocycles. The van der Waals surface area contributed by atoms with Crippen LogP contribution in [0.4, 0.5) is 0 Å². The highest BCUT2D eigenvalue weighted by atomic mass is 16.5. The van der Waals surface area contributed by atoms with Crippen molar-refractivity contribution in [2.24, 2.45) is 0 Å². The van der Waals surface area contributed by atoms with E-state index in [1.807, 2.05) is 12.1 Å². The lowest BCUT2D eigenvalue weighted by atomic mass is 9.87. The number of hydrogen-bond acceptors (Lipinski definition) is 5. The van der Waals surface area contributed by atoms with E-state index >= 15 is 0 Å². The predicted octanol–water partition coefficient (Wildman–Crippen LogP) is 5.10. The molecule has 1 N–H and O–H groups in total. The first-order chi connectivity index (χ1) is 15.3. The summed E-state index contributed by atoms with van der Waals surface area (Å²) < 4.78 is 15.7. The van der Waals surface area contributed by atoms with Gasteiger partial charge in [0.1, 0.15) is 23.8 Å². The summed E-state index contributed by atoms with van der Waals surface area (Å²) in [6, 6.07) is 17.8. The van der Waals surface area contributed by atoms with Crippen LogP contribution >= 0.6 is 0 Å². The summed E-state index contributed by atoms with van der Waals surface area (Å²) >= 11 is 0. The molecule has 166 valence electrons. The highest BCUT2D eigenvalue weighted by Gasteiger charge is 2.18. The fourth-order valence-electron chi connectivity index (χ4n) is 2.94. The number of hydrogen-bond donors (Lipinski definition) is 1. The van der Waals surface area contributed by atoms with Gasteiger partial charge < -0.3 is 19.2 Å². The average molecular weight is 434 g/mol. The maximum atomic E-state index is 12.8. The largest absolute Gasteiger partial charge is 0.497 e. The molecule has 6 heteroatoms. The normalized spacial score (nSPS) is 11.7. The van der Waals surface area contributed by atoms with Crippen molar-refractivity contribution in [2.75, 3.05) is 7.11 Å². The number of carbonyl (C=O) groups excluding carboxylic acids is 2. The second-order valence-electron chi connectivity index (χ2n) is 8.27. The molecule has 0 aliphatic rings. The minimum absolute atomic E-state index is 0.0200. The monoisotopic (exact) mass is 433 g/mol. The Morgan fingerprint density at radius 1 is 1.00 bits per heavy atom. The first kappa shape index (κ1) is 22.9. The van der Waals surface area contributed by atoms with Gasteiger partial charge in [0.05, 0.1) is 13.4 Å². The minimum atomic E-state index is -0.670. The zero-order valence-corrected chi connectivity index (χ0v) is 18.7. The van der Waals surface area contributed by atoms with Gasteiger partial charge in [0.2, 0.25) is 0 Å². The van der Waals surface area contributed by atoms with Crippen molar-refractivity contribution in [2.45, 2.75) is 32.8 Å². The summed E-state index contributed by atoms with van der Waals surface area (Å²) in [4.78, 5) is 25.6. The zero-order chi connectivity index (χ0) is 23.1. The van der Waals surface area contributed by atoms with Gasteiger partial charge in [-0.3, -0.25) is 4.79 Å². The first-order valence-electron chi connectivity index (χ1n) is 10.2. The Hall–Kier alpha value is -3.80. The fraction of sp³-hybridized carbons (Fsp3) is 0.231. The Labute approximate surface area is 187 Å². The highest BCUT2D eigenvalue weighted by molar-refractivity contribution is 6.03. The van der Waals surface area contributed by atoms with Crippen LogP contribution in [0.2, 0.25) is 0 Å². The van der Waals surface area contributed by atoms with Crippen LogP contribution in [0.5, 0.6) is 5.75 Å². The topological polar surface area (TPSA) is 77.8 Å². The van der Waals surface area contributed by atoms with E-state index < -0.39 is 11.9 Å². The van der Waals surface area contributed by atoms with Gasteiger partial charge in [-0.1, -0.05) is 45.0 Å². The number of carbonyl (C=O) groups is 2. The average Bonchev–Trinajstić information content (AvgIpc) is 3.30. The number of ether oxygens (including phenoxy) is 2. The number of rotatable bonds is 7. The number of benzene rings is 2. The number of nitrogens with one attached hydrogen (secondary N) is 1. The van der Waals surface area contributed by atoms with Crippen molar-refractivity contribution in [3.8, 4) is 5.75 Å². The summed E-state index contributed by atoms with van der Waals surface area (Å²) in [6.07, 6.45) is 3.06. The van der Waals surface area contributed by atoms with Crippen molar-refractivity contribution in [1.82, 2.24) is 5.32 Å². The lowest BCUT2D eigenvalue weighted by Crippen LogP contribution is -2.28. The van der Waals surface area contributed by atoms with Crippen LogP contribution in [0.25, 0.3) is 6.08 Å². The van der Waals surface area contributed by atoms with Gasteiger partial charge in [0.15, 0.2) is 0 Å². The van der Waals surface area contributed by atoms with Crippen molar-refractivity contribution in [3.05, 3.63) is 95.1 Å². The van der Waals surface area contributed by atoms with Crippen LogP contribution in [-0.4, -0.2) is 19.0 Å². The summed E-state index contributed by atoms with van der Waals surface area (Å²) in [5, 5.41) is 2.68. The Morgan fingerprint density at radius 3 is 2.25 bits per heavy atom. The molecular weight excluding hydrogens is 406 g/mol. The molecule has 1 aromatic heterocycles. The maximum Gasteiger partial charge on any atom is 0.355 e. The van der Waals surface area contributed by atoms with Crippen molar-refractivity contribution < 1.29 is 23.5 Å². The van der Waals surface area contributed by atoms with Crippen molar-refractivity contribution in [1.29, 1.82) is 0 Å². The second-order valence-corrected chi connectivity index (χ2v) is 8.27. The number of methoxy groups -OCH3 is 1. The van der Waals surface area contributed by atoms with E-state index in [-0.39, 0.29) is 17.7 Å². The summed E-state index contributed by atoms with van der Waals surface area (Å²) in [5.74, 6) is 0.121. The number of amides is 1. The lowest BCUT2D eigenvalue weighted by molar-refractivity contribution is -0.141. The van der Waals surface area contributed by atoms with Crippen molar-refractivity contribution >= 4 is 18.0 Å². The van der Waals surface area contributed by atoms with Crippen LogP contribution < -0.4 is 10.1 Å². The fourth-order valence-corrected chi connectivity index (χ4v) is 2.94. The molecule has 0 unspecified atom stereocenters. The van der Waals surface area contributed by atoms with Gasteiger partial charge in [-0.25, -0.2) is 4.79 Å². The van der Waals surface area contributed by atoms with Gasteiger partial charge in [0.25, 0.3) is 5.91 Å². The van der Waals surface area contributed by atoms with Gasteiger partial charge in [0, 0.05) is 5.56 Å². The maximum absolute atomic E-state index is 12.8. The number of furan rings is 1. The lowest BCUT2D eigenvalue weighted by Gasteiger charge is -2.19. The Morgan fingerprint density at radius 2 is 1.69 bits per heavy atom. The van der Waals surface area contributed by atoms with Crippen LogP contribution in [0, 0.1) is 0 Å². The smallest absolute Gasteiger partial charge is 0.355 e. The van der Waals surface area contributed by atoms with Gasteiger partial charge in [-0.05, 0) is 59.0 Å². The zero-order valence-electron chi connectivity index (χ0n) is 18.7. The van der Waals surface area contributed by atoms with E-state index in [1.165, 1.54) is 6.26 Å². The standard InChI is InChI=1S/C26H27NO5/c1-26(2,3)20-11-9-19(10-12-20)24(28)27-23(16-18-7-13-21(30-4)14-8-18)25(29)32-17-22-6-5-15-31-22/h5-16H,17H2,1-4H3,(H,27,28). The number of esters is 1. The Kier molecular flexibility index (Phi) is 7.15. The quantitative estimate of drug-likeness (QED) is 0.414. The predicted molar refractivity (Wildman–Crippen MR) is 122 cm³/mol. The van der Waals surface area contributed by atoms with Crippen molar-refractivity contribution in [3.63, 3.8) is 0 Å². The Bertz CT molecular complexity index is 1070. The van der Waals surface area contributed by atoms with Crippen LogP contribution in [0.1, 0.15) is 48.0 Å². The molecule has 0 bridgehead atoms. The molecule has 1 heterocycles. The van der Waals surface area contributed by atoms with E-state index in [0.717, 1.165) is 5.56 Å². The molecule has 1 amide bonds. The molecule has 0 fully saturated rings. The molecule has 0 atom stereocenters. The second kappa shape index (κ2) is 10.0. The molecule has 0 aliphatic carbocycles. The molecule has 6 nitrogen and oxygen atoms in total. The molecule has 0 aliphatic heterocycles.